The zero-order valence-electron chi connectivity index (χ0n) is 12.3. The summed E-state index contributed by atoms with van der Waals surface area (Å²) in [7, 11) is 0. The molecule has 0 amide bonds. The molecule has 0 atom stereocenters. The summed E-state index contributed by atoms with van der Waals surface area (Å²) in [5, 5.41) is 0.832. The molecular weight excluding hydrogens is 292 g/mol. The molecule has 0 unspecified atom stereocenters. The fourth-order valence-electron chi connectivity index (χ4n) is 2.38. The number of para-hydroxylation sites is 2. The van der Waals surface area contributed by atoms with E-state index in [0.29, 0.717) is 22.9 Å². The van der Waals surface area contributed by atoms with Crippen LogP contribution in [0.25, 0.3) is 22.0 Å². The third-order valence-electron chi connectivity index (χ3n) is 3.51. The monoisotopic (exact) mass is 304 g/mol. The van der Waals surface area contributed by atoms with Gasteiger partial charge in [0.15, 0.2) is 0 Å². The first-order valence-corrected chi connectivity index (χ1v) is 7.14. The zero-order chi connectivity index (χ0) is 15.8. The van der Waals surface area contributed by atoms with Crippen molar-refractivity contribution in [2.45, 2.75) is 6.92 Å². The number of ether oxygens (including phenoxy) is 1. The molecule has 0 bridgehead atoms. The maximum absolute atomic E-state index is 11.3. The Morgan fingerprint density at radius 2 is 1.70 bits per heavy atom. The molecule has 23 heavy (non-hydrogen) atoms. The van der Waals surface area contributed by atoms with Crippen LogP contribution in [0.3, 0.4) is 0 Å². The lowest BCUT2D eigenvalue weighted by atomic mass is 10.2. The molecule has 112 valence electrons. The van der Waals surface area contributed by atoms with E-state index >= 15 is 0 Å². The highest BCUT2D eigenvalue weighted by Gasteiger charge is 2.08. The van der Waals surface area contributed by atoms with Gasteiger partial charge in [-0.05, 0) is 37.3 Å². The first kappa shape index (κ1) is 13.5. The second-order valence-corrected chi connectivity index (χ2v) is 5.16. The van der Waals surface area contributed by atoms with E-state index in [0.717, 1.165) is 16.4 Å². The van der Waals surface area contributed by atoms with Gasteiger partial charge in [0.05, 0.1) is 11.0 Å². The van der Waals surface area contributed by atoms with Crippen LogP contribution < -0.4 is 10.4 Å². The lowest BCUT2D eigenvalue weighted by Crippen LogP contribution is -1.97. The molecule has 2 aromatic heterocycles. The Labute approximate surface area is 131 Å². The molecule has 0 N–H and O–H groups in total. The fourth-order valence-corrected chi connectivity index (χ4v) is 2.38. The van der Waals surface area contributed by atoms with Crippen molar-refractivity contribution in [3.63, 3.8) is 0 Å². The molecular formula is C18H12N2O3. The van der Waals surface area contributed by atoms with E-state index in [1.807, 2.05) is 37.3 Å². The third kappa shape index (κ3) is 2.53. The zero-order valence-corrected chi connectivity index (χ0v) is 12.3. The number of rotatable bonds is 2. The SMILES string of the molecule is Cc1nc2ccccc2nc1Oc1ccc2ccc(=O)oc2c1. The maximum Gasteiger partial charge on any atom is 0.336 e. The Morgan fingerprint density at radius 3 is 2.52 bits per heavy atom. The molecule has 0 saturated carbocycles. The van der Waals surface area contributed by atoms with Gasteiger partial charge < -0.3 is 9.15 Å². The highest BCUT2D eigenvalue weighted by atomic mass is 16.5. The molecule has 0 spiro atoms. The number of benzene rings is 2. The molecule has 5 heteroatoms. The van der Waals surface area contributed by atoms with Crippen molar-refractivity contribution in [2.24, 2.45) is 0 Å². The van der Waals surface area contributed by atoms with E-state index in [4.69, 9.17) is 9.15 Å². The van der Waals surface area contributed by atoms with Crippen molar-refractivity contribution >= 4 is 22.0 Å². The van der Waals surface area contributed by atoms with E-state index in [2.05, 4.69) is 9.97 Å². The van der Waals surface area contributed by atoms with Crippen LogP contribution in [0.2, 0.25) is 0 Å². The molecule has 0 aliphatic rings. The molecule has 0 aliphatic carbocycles. The van der Waals surface area contributed by atoms with Crippen molar-refractivity contribution in [3.8, 4) is 11.6 Å². The average Bonchev–Trinajstić information content (AvgIpc) is 2.55. The molecule has 0 radical (unpaired) electrons. The van der Waals surface area contributed by atoms with Crippen LogP contribution in [-0.2, 0) is 0 Å². The third-order valence-corrected chi connectivity index (χ3v) is 3.51. The first-order chi connectivity index (χ1) is 11.2. The van der Waals surface area contributed by atoms with Crippen LogP contribution in [0.4, 0.5) is 0 Å². The van der Waals surface area contributed by atoms with Crippen LogP contribution in [0.1, 0.15) is 5.69 Å². The second-order valence-electron chi connectivity index (χ2n) is 5.16. The Hall–Kier alpha value is -3.21. The Bertz CT molecular complexity index is 1090. The van der Waals surface area contributed by atoms with Gasteiger partial charge in [-0.2, -0.15) is 0 Å². The molecule has 4 aromatic rings. The Balaban J connectivity index is 1.77. The van der Waals surface area contributed by atoms with Gasteiger partial charge in [-0.3, -0.25) is 0 Å². The average molecular weight is 304 g/mol. The Kier molecular flexibility index (Phi) is 3.05. The predicted molar refractivity (Wildman–Crippen MR) is 86.8 cm³/mol. The van der Waals surface area contributed by atoms with Crippen LogP contribution in [0, 0.1) is 6.92 Å². The minimum absolute atomic E-state index is 0.392. The molecule has 0 saturated heterocycles. The smallest absolute Gasteiger partial charge is 0.336 e. The summed E-state index contributed by atoms with van der Waals surface area (Å²) in [6.45, 7) is 1.84. The number of nitrogens with zero attached hydrogens (tertiary/aromatic N) is 2. The van der Waals surface area contributed by atoms with Crippen molar-refractivity contribution < 1.29 is 9.15 Å². The number of fused-ring (bicyclic) bond motifs is 2. The molecule has 0 aliphatic heterocycles. The van der Waals surface area contributed by atoms with Crippen molar-refractivity contribution in [1.82, 2.24) is 9.97 Å². The van der Waals surface area contributed by atoms with E-state index in [1.165, 1.54) is 6.07 Å². The van der Waals surface area contributed by atoms with Gasteiger partial charge in [0.2, 0.25) is 5.88 Å². The largest absolute Gasteiger partial charge is 0.437 e. The van der Waals surface area contributed by atoms with Gasteiger partial charge in [-0.25, -0.2) is 14.8 Å². The van der Waals surface area contributed by atoms with Crippen LogP contribution in [0.15, 0.2) is 63.8 Å². The standard InChI is InChI=1S/C18H12N2O3/c1-11-18(20-15-5-3-2-4-14(15)19-11)22-13-8-6-12-7-9-17(21)23-16(12)10-13/h2-10H,1H3. The minimum Gasteiger partial charge on any atom is -0.437 e. The second kappa shape index (κ2) is 5.21. The van der Waals surface area contributed by atoms with Crippen molar-refractivity contribution in [2.75, 3.05) is 0 Å². The molecule has 2 heterocycles. The van der Waals surface area contributed by atoms with Crippen LogP contribution >= 0.6 is 0 Å². The summed E-state index contributed by atoms with van der Waals surface area (Å²) in [4.78, 5) is 20.3. The molecule has 0 fully saturated rings. The quantitative estimate of drug-likeness (QED) is 0.526. The summed E-state index contributed by atoms with van der Waals surface area (Å²) in [5.74, 6) is 0.973. The predicted octanol–water partition coefficient (Wildman–Crippen LogP) is 3.84. The van der Waals surface area contributed by atoms with Gasteiger partial charge in [0, 0.05) is 17.5 Å². The highest BCUT2D eigenvalue weighted by molar-refractivity contribution is 5.78. The van der Waals surface area contributed by atoms with Crippen LogP contribution in [0.5, 0.6) is 11.6 Å². The summed E-state index contributed by atoms with van der Waals surface area (Å²) in [6, 6.07) is 16.0. The number of aromatic nitrogens is 2. The summed E-state index contributed by atoms with van der Waals surface area (Å²) in [5.41, 5.74) is 2.36. The number of aryl methyl sites for hydroxylation is 1. The molecule has 4 rings (SSSR count). The molecule has 2 aromatic carbocycles. The topological polar surface area (TPSA) is 65.2 Å². The van der Waals surface area contributed by atoms with Crippen molar-refractivity contribution in [1.29, 1.82) is 0 Å². The van der Waals surface area contributed by atoms with Gasteiger partial charge in [0.1, 0.15) is 17.0 Å². The van der Waals surface area contributed by atoms with Gasteiger partial charge in [0.25, 0.3) is 0 Å². The van der Waals surface area contributed by atoms with E-state index in [9.17, 15) is 4.79 Å². The Morgan fingerprint density at radius 1 is 0.957 bits per heavy atom. The summed E-state index contributed by atoms with van der Waals surface area (Å²) < 4.78 is 11.0. The maximum atomic E-state index is 11.3. The van der Waals surface area contributed by atoms with Crippen LogP contribution in [-0.4, -0.2) is 9.97 Å². The van der Waals surface area contributed by atoms with Gasteiger partial charge in [-0.1, -0.05) is 12.1 Å². The first-order valence-electron chi connectivity index (χ1n) is 7.14. The summed E-state index contributed by atoms with van der Waals surface area (Å²) >= 11 is 0. The number of hydrogen-bond acceptors (Lipinski definition) is 5. The minimum atomic E-state index is -0.392. The number of hydrogen-bond donors (Lipinski definition) is 0. The van der Waals surface area contributed by atoms with E-state index in [1.54, 1.807) is 18.2 Å². The van der Waals surface area contributed by atoms with Crippen molar-refractivity contribution in [3.05, 3.63) is 70.7 Å². The lowest BCUT2D eigenvalue weighted by Gasteiger charge is -2.08. The summed E-state index contributed by atoms with van der Waals surface area (Å²) in [6.07, 6.45) is 0. The lowest BCUT2D eigenvalue weighted by molar-refractivity contribution is 0.456. The normalized spacial score (nSPS) is 11.0. The van der Waals surface area contributed by atoms with Gasteiger partial charge >= 0.3 is 5.63 Å². The van der Waals surface area contributed by atoms with E-state index in [-0.39, 0.29) is 0 Å². The fraction of sp³-hybridized carbons (Fsp3) is 0.0556. The van der Waals surface area contributed by atoms with E-state index < -0.39 is 5.63 Å². The molecule has 5 nitrogen and oxygen atoms in total. The highest BCUT2D eigenvalue weighted by Crippen LogP contribution is 2.26. The van der Waals surface area contributed by atoms with Gasteiger partial charge in [-0.15, -0.1) is 0 Å².